The smallest absolute Gasteiger partial charge is 0.418 e. The van der Waals surface area contributed by atoms with Gasteiger partial charge in [-0.1, -0.05) is 30.3 Å². The second kappa shape index (κ2) is 6.36. The molecule has 1 N–H and O–H groups in total. The zero-order chi connectivity index (χ0) is 14.5. The van der Waals surface area contributed by atoms with E-state index < -0.39 is 7.25 Å². The van der Waals surface area contributed by atoms with E-state index in [1.165, 1.54) is 22.5 Å². The fourth-order valence-corrected chi connectivity index (χ4v) is 1.69. The Morgan fingerprint density at radius 2 is 1.21 bits per heavy atom. The Kier molecular flexibility index (Phi) is 5.09. The van der Waals surface area contributed by atoms with Crippen LogP contribution in [0.15, 0.2) is 42.5 Å². The van der Waals surface area contributed by atoms with Gasteiger partial charge in [0.15, 0.2) is 11.4 Å². The van der Waals surface area contributed by atoms with Crippen molar-refractivity contribution in [2.45, 2.75) is 13.8 Å². The second-order valence-corrected chi connectivity index (χ2v) is 4.10. The molecule has 1 heterocycles. The van der Waals surface area contributed by atoms with Crippen molar-refractivity contribution in [1.82, 2.24) is 0 Å². The first-order valence-corrected chi connectivity index (χ1v) is 5.69. The van der Waals surface area contributed by atoms with Gasteiger partial charge in [-0.2, -0.15) is 0 Å². The number of nitrogens with one attached hydrogen (secondary N) is 1. The highest BCUT2D eigenvalue weighted by Gasteiger charge is 2.20. The third-order valence-electron chi connectivity index (χ3n) is 2.25. The average Bonchev–Trinajstić information content (AvgIpc) is 2.26. The average molecular weight is 271 g/mol. The lowest BCUT2D eigenvalue weighted by atomic mass is 10.1. The molecule has 0 bridgehead atoms. The monoisotopic (exact) mass is 271 g/mol. The van der Waals surface area contributed by atoms with Crippen molar-refractivity contribution in [1.29, 1.82) is 0 Å². The number of hydrogen-bond acceptors (Lipinski definition) is 0. The van der Waals surface area contributed by atoms with Crippen molar-refractivity contribution < 1.29 is 22.2 Å². The molecule has 6 heteroatoms. The minimum absolute atomic E-state index is 1.20. The first-order chi connectivity index (χ1) is 8.75. The molecule has 2 rings (SSSR count). The molecule has 0 unspecified atom stereocenters. The largest absolute Gasteiger partial charge is 0.673 e. The highest BCUT2D eigenvalue weighted by molar-refractivity contribution is 6.50. The number of aryl methyl sites for hydroxylation is 2. The van der Waals surface area contributed by atoms with Crippen molar-refractivity contribution >= 4 is 7.25 Å². The topological polar surface area (TPSA) is 14.1 Å². The quantitative estimate of drug-likeness (QED) is 0.548. The van der Waals surface area contributed by atoms with E-state index in [1.54, 1.807) is 0 Å². The van der Waals surface area contributed by atoms with Gasteiger partial charge in [0.2, 0.25) is 0 Å². The maximum atomic E-state index is 9.75. The van der Waals surface area contributed by atoms with Gasteiger partial charge in [-0.25, -0.2) is 4.98 Å². The number of halogens is 4. The highest BCUT2D eigenvalue weighted by Crippen LogP contribution is 2.18. The maximum Gasteiger partial charge on any atom is 0.673 e. The number of rotatable bonds is 1. The standard InChI is InChI=1S/C13H13N.BF4/c1-10-8-13(9-11(2)14-10)12-6-4-3-5-7-12;2-1(3,4)5/h3-9H,1-2H3;/q;-1/p+1. The van der Waals surface area contributed by atoms with Gasteiger partial charge in [-0.05, 0) is 11.1 Å². The molecule has 0 spiro atoms. The second-order valence-electron chi connectivity index (χ2n) is 4.10. The molecule has 1 nitrogen and oxygen atoms in total. The molecule has 0 aliphatic heterocycles. The van der Waals surface area contributed by atoms with E-state index in [1.807, 2.05) is 6.07 Å². The Hall–Kier alpha value is -1.85. The molecule has 0 saturated heterocycles. The molecule has 19 heavy (non-hydrogen) atoms. The van der Waals surface area contributed by atoms with Crippen molar-refractivity contribution in [3.8, 4) is 11.1 Å². The lowest BCUT2D eigenvalue weighted by Gasteiger charge is -2.00. The van der Waals surface area contributed by atoms with Crippen LogP contribution in [0.2, 0.25) is 0 Å². The summed E-state index contributed by atoms with van der Waals surface area (Å²) in [6.45, 7) is 4.17. The molecule has 1 aromatic carbocycles. The van der Waals surface area contributed by atoms with Crippen LogP contribution in [0.5, 0.6) is 0 Å². The van der Waals surface area contributed by atoms with E-state index in [-0.39, 0.29) is 0 Å². The predicted molar refractivity (Wildman–Crippen MR) is 68.1 cm³/mol. The van der Waals surface area contributed by atoms with Crippen LogP contribution in [0.4, 0.5) is 17.3 Å². The third-order valence-corrected chi connectivity index (χ3v) is 2.25. The summed E-state index contributed by atoms with van der Waals surface area (Å²) in [5, 5.41) is 0. The van der Waals surface area contributed by atoms with E-state index in [0.717, 1.165) is 0 Å². The summed E-state index contributed by atoms with van der Waals surface area (Å²) >= 11 is 0. The summed E-state index contributed by atoms with van der Waals surface area (Å²) in [5.74, 6) is 0. The van der Waals surface area contributed by atoms with Gasteiger partial charge in [0.05, 0.1) is 0 Å². The molecule has 0 atom stereocenters. The highest BCUT2D eigenvalue weighted by atomic mass is 19.5. The van der Waals surface area contributed by atoms with E-state index in [4.69, 9.17) is 0 Å². The molecule has 0 radical (unpaired) electrons. The van der Waals surface area contributed by atoms with E-state index in [0.29, 0.717) is 0 Å². The number of hydrogen-bond donors (Lipinski definition) is 0. The van der Waals surface area contributed by atoms with Crippen molar-refractivity contribution in [3.63, 3.8) is 0 Å². The van der Waals surface area contributed by atoms with Crippen LogP contribution >= 0.6 is 0 Å². The van der Waals surface area contributed by atoms with E-state index in [9.17, 15) is 17.3 Å². The summed E-state index contributed by atoms with van der Waals surface area (Å²) in [5.41, 5.74) is 4.94. The van der Waals surface area contributed by atoms with Gasteiger partial charge in [-0.3, -0.25) is 0 Å². The van der Waals surface area contributed by atoms with Gasteiger partial charge >= 0.3 is 7.25 Å². The lowest BCUT2D eigenvalue weighted by molar-refractivity contribution is -0.396. The van der Waals surface area contributed by atoms with Gasteiger partial charge in [-0.15, -0.1) is 0 Å². The van der Waals surface area contributed by atoms with Gasteiger partial charge in [0, 0.05) is 26.0 Å². The molecule has 0 amide bonds. The Morgan fingerprint density at radius 3 is 1.63 bits per heavy atom. The molecule has 0 aliphatic rings. The molecule has 1 aromatic heterocycles. The Labute approximate surface area is 109 Å². The zero-order valence-electron chi connectivity index (χ0n) is 10.6. The molecular formula is C13H14BF4N. The summed E-state index contributed by atoms with van der Waals surface area (Å²) in [6, 6.07) is 14.8. The molecule has 102 valence electrons. The minimum Gasteiger partial charge on any atom is -0.418 e. The minimum atomic E-state index is -6.00. The number of H-pyrrole nitrogens is 1. The number of benzene rings is 1. The molecule has 2 aromatic rings. The Balaban J connectivity index is 0.000000312. The van der Waals surface area contributed by atoms with Crippen LogP contribution in [0.1, 0.15) is 11.4 Å². The van der Waals surface area contributed by atoms with Crippen LogP contribution in [0, 0.1) is 13.8 Å². The predicted octanol–water partition coefficient (Wildman–Crippen LogP) is 4.08. The Bertz CT molecular complexity index is 500. The van der Waals surface area contributed by atoms with Crippen LogP contribution < -0.4 is 4.98 Å². The van der Waals surface area contributed by atoms with Gasteiger partial charge < -0.3 is 17.3 Å². The van der Waals surface area contributed by atoms with Crippen LogP contribution in [0.3, 0.4) is 0 Å². The molecule has 0 fully saturated rings. The fourth-order valence-electron chi connectivity index (χ4n) is 1.69. The Morgan fingerprint density at radius 1 is 0.789 bits per heavy atom. The van der Waals surface area contributed by atoms with E-state index >= 15 is 0 Å². The summed E-state index contributed by atoms with van der Waals surface area (Å²) in [6.07, 6.45) is 0. The number of aromatic amines is 1. The summed E-state index contributed by atoms with van der Waals surface area (Å²) in [7, 11) is -6.00. The zero-order valence-corrected chi connectivity index (χ0v) is 10.6. The fraction of sp³-hybridized carbons (Fsp3) is 0.154. The lowest BCUT2D eigenvalue weighted by Crippen LogP contribution is -2.11. The third kappa shape index (κ3) is 6.59. The van der Waals surface area contributed by atoms with E-state index in [2.05, 4.69) is 55.2 Å². The van der Waals surface area contributed by atoms with Crippen LogP contribution in [0.25, 0.3) is 11.1 Å². The van der Waals surface area contributed by atoms with Crippen LogP contribution in [-0.2, 0) is 0 Å². The number of pyridine rings is 1. The number of aromatic nitrogens is 1. The van der Waals surface area contributed by atoms with Crippen molar-refractivity contribution in [2.24, 2.45) is 0 Å². The SMILES string of the molecule is Cc1cc(-c2ccccc2)cc(C)[nH+]1.F[B-](F)(F)F. The van der Waals surface area contributed by atoms with Gasteiger partial charge in [0.1, 0.15) is 0 Å². The molecule has 0 aliphatic carbocycles. The van der Waals surface area contributed by atoms with Crippen molar-refractivity contribution in [3.05, 3.63) is 53.9 Å². The summed E-state index contributed by atoms with van der Waals surface area (Å²) in [4.78, 5) is 3.28. The summed E-state index contributed by atoms with van der Waals surface area (Å²) < 4.78 is 39.0. The molecular weight excluding hydrogens is 257 g/mol. The first-order valence-electron chi connectivity index (χ1n) is 5.69. The van der Waals surface area contributed by atoms with Gasteiger partial charge in [0.25, 0.3) is 0 Å². The maximum absolute atomic E-state index is 9.75. The molecule has 0 saturated carbocycles. The van der Waals surface area contributed by atoms with Crippen LogP contribution in [-0.4, -0.2) is 7.25 Å². The van der Waals surface area contributed by atoms with Crippen molar-refractivity contribution in [2.75, 3.05) is 0 Å². The first kappa shape index (κ1) is 15.2. The normalized spacial score (nSPS) is 10.6.